The lowest BCUT2D eigenvalue weighted by Gasteiger charge is -2.32. The molecule has 0 aromatic carbocycles. The Morgan fingerprint density at radius 3 is 2.76 bits per heavy atom. The van der Waals surface area contributed by atoms with Gasteiger partial charge in [0, 0.05) is 26.2 Å². The molecule has 0 unspecified atom stereocenters. The van der Waals surface area contributed by atoms with E-state index in [1.165, 1.54) is 16.0 Å². The quantitative estimate of drug-likeness (QED) is 0.781. The van der Waals surface area contributed by atoms with Crippen molar-refractivity contribution in [3.05, 3.63) is 28.1 Å². The van der Waals surface area contributed by atoms with Crippen LogP contribution in [0, 0.1) is 12.3 Å². The molecule has 0 bridgehead atoms. The Morgan fingerprint density at radius 2 is 2.10 bits per heavy atom. The van der Waals surface area contributed by atoms with Crippen molar-refractivity contribution in [3.63, 3.8) is 0 Å². The third-order valence-corrected chi connectivity index (χ3v) is 4.31. The zero-order valence-electron chi connectivity index (χ0n) is 11.6. The first-order valence-corrected chi connectivity index (χ1v) is 7.64. The van der Waals surface area contributed by atoms with Gasteiger partial charge in [-0.3, -0.25) is 9.80 Å². The van der Waals surface area contributed by atoms with Crippen LogP contribution in [0.4, 0.5) is 0 Å². The highest BCUT2D eigenvalue weighted by Gasteiger charge is 2.18. The average Bonchev–Trinajstić information content (AvgIpc) is 3.12. The van der Waals surface area contributed by atoms with Crippen LogP contribution in [0.1, 0.15) is 0 Å². The monoisotopic (exact) mass is 304 g/mol. The van der Waals surface area contributed by atoms with E-state index in [1.54, 1.807) is 0 Å². The molecule has 0 saturated carbocycles. The molecular formula is C14H16N4O2S. The fraction of sp³-hybridized carbons (Fsp3) is 0.429. The first-order valence-electron chi connectivity index (χ1n) is 6.76. The van der Waals surface area contributed by atoms with Gasteiger partial charge in [0.2, 0.25) is 0 Å². The van der Waals surface area contributed by atoms with E-state index in [0.717, 1.165) is 31.1 Å². The van der Waals surface area contributed by atoms with E-state index in [4.69, 9.17) is 10.8 Å². The predicted octanol–water partition coefficient (Wildman–Crippen LogP) is 0.773. The van der Waals surface area contributed by atoms with E-state index in [0.29, 0.717) is 19.1 Å². The lowest BCUT2D eigenvalue weighted by molar-refractivity contribution is 0.109. The lowest BCUT2D eigenvalue weighted by Crippen LogP contribution is -2.47. The van der Waals surface area contributed by atoms with Gasteiger partial charge in [-0.2, -0.15) is 4.68 Å². The maximum atomic E-state index is 11.9. The minimum atomic E-state index is -0.413. The molecule has 0 aliphatic carbocycles. The van der Waals surface area contributed by atoms with Crippen molar-refractivity contribution in [2.45, 2.75) is 6.67 Å². The van der Waals surface area contributed by atoms with E-state index >= 15 is 0 Å². The summed E-state index contributed by atoms with van der Waals surface area (Å²) in [5.74, 6) is 2.63. The molecule has 1 fully saturated rings. The Hall–Kier alpha value is -1.88. The summed E-state index contributed by atoms with van der Waals surface area (Å²) < 4.78 is 6.58. The van der Waals surface area contributed by atoms with Crippen molar-refractivity contribution in [1.29, 1.82) is 0 Å². The molecule has 3 heterocycles. The van der Waals surface area contributed by atoms with Crippen LogP contribution in [-0.2, 0) is 6.67 Å². The number of terminal acetylenes is 1. The van der Waals surface area contributed by atoms with Gasteiger partial charge in [0.15, 0.2) is 0 Å². The number of rotatable bonds is 4. The van der Waals surface area contributed by atoms with Crippen molar-refractivity contribution in [2.24, 2.45) is 0 Å². The molecule has 0 atom stereocenters. The lowest BCUT2D eigenvalue weighted by atomic mass is 10.3. The second kappa shape index (κ2) is 6.26. The van der Waals surface area contributed by atoms with Crippen LogP contribution in [0.5, 0.6) is 0 Å². The van der Waals surface area contributed by atoms with Crippen LogP contribution >= 0.6 is 11.3 Å². The molecule has 0 N–H and O–H groups in total. The highest BCUT2D eigenvalue weighted by atomic mass is 32.1. The van der Waals surface area contributed by atoms with E-state index < -0.39 is 5.76 Å². The number of hydrogen-bond donors (Lipinski definition) is 0. The Bertz CT molecular complexity index is 675. The van der Waals surface area contributed by atoms with Gasteiger partial charge in [-0.05, 0) is 11.4 Å². The van der Waals surface area contributed by atoms with Crippen LogP contribution in [0.15, 0.2) is 26.7 Å². The average molecular weight is 304 g/mol. The third kappa shape index (κ3) is 3.24. The van der Waals surface area contributed by atoms with E-state index in [-0.39, 0.29) is 0 Å². The van der Waals surface area contributed by atoms with Crippen molar-refractivity contribution >= 4 is 11.3 Å². The summed E-state index contributed by atoms with van der Waals surface area (Å²) in [5.41, 5.74) is 0. The van der Waals surface area contributed by atoms with Gasteiger partial charge in [0.25, 0.3) is 5.89 Å². The molecule has 3 rings (SSSR count). The van der Waals surface area contributed by atoms with Gasteiger partial charge in [0.05, 0.1) is 11.4 Å². The Morgan fingerprint density at radius 1 is 1.33 bits per heavy atom. The topological polar surface area (TPSA) is 54.5 Å². The minimum absolute atomic E-state index is 0.390. The largest absolute Gasteiger partial charge is 0.438 e. The molecular weight excluding hydrogens is 288 g/mol. The summed E-state index contributed by atoms with van der Waals surface area (Å²) >= 11 is 1.50. The molecule has 1 aliphatic heterocycles. The van der Waals surface area contributed by atoms with Crippen LogP contribution < -0.4 is 5.76 Å². The molecule has 2 aromatic heterocycles. The summed E-state index contributed by atoms with van der Waals surface area (Å²) in [6, 6.07) is 3.79. The van der Waals surface area contributed by atoms with Crippen LogP contribution in [0.3, 0.4) is 0 Å². The number of piperazine rings is 1. The summed E-state index contributed by atoms with van der Waals surface area (Å²) in [5, 5.41) is 6.19. The van der Waals surface area contributed by atoms with Crippen molar-refractivity contribution in [1.82, 2.24) is 19.6 Å². The zero-order chi connectivity index (χ0) is 14.7. The normalized spacial score (nSPS) is 16.9. The Kier molecular flexibility index (Phi) is 4.20. The SMILES string of the molecule is C#CCN1CCN(Cn2nc(-c3cccs3)oc2=O)CC1. The standard InChI is InChI=1S/C14H16N4O2S/c1-2-5-16-6-8-17(9-7-16)11-18-14(19)20-13(15-18)12-4-3-10-21-12/h1,3-4,10H,5-9,11H2. The zero-order valence-corrected chi connectivity index (χ0v) is 12.4. The first kappa shape index (κ1) is 14.1. The minimum Gasteiger partial charge on any atom is -0.387 e. The van der Waals surface area contributed by atoms with Crippen molar-refractivity contribution in [2.75, 3.05) is 32.7 Å². The van der Waals surface area contributed by atoms with Gasteiger partial charge in [-0.15, -0.1) is 22.9 Å². The van der Waals surface area contributed by atoms with E-state index in [1.807, 2.05) is 17.5 Å². The van der Waals surface area contributed by atoms with Gasteiger partial charge < -0.3 is 4.42 Å². The van der Waals surface area contributed by atoms with Gasteiger partial charge >= 0.3 is 5.76 Å². The Labute approximate surface area is 126 Å². The fourth-order valence-electron chi connectivity index (χ4n) is 2.30. The molecule has 2 aromatic rings. The number of aromatic nitrogens is 2. The third-order valence-electron chi connectivity index (χ3n) is 3.45. The predicted molar refractivity (Wildman–Crippen MR) is 80.9 cm³/mol. The smallest absolute Gasteiger partial charge is 0.387 e. The van der Waals surface area contributed by atoms with E-state index in [9.17, 15) is 4.79 Å². The summed E-state index contributed by atoms with van der Waals surface area (Å²) in [6.45, 7) is 4.70. The maximum absolute atomic E-state index is 11.9. The summed E-state index contributed by atoms with van der Waals surface area (Å²) in [4.78, 5) is 17.1. The van der Waals surface area contributed by atoms with Crippen LogP contribution in [0.25, 0.3) is 10.8 Å². The van der Waals surface area contributed by atoms with Crippen LogP contribution in [0.2, 0.25) is 0 Å². The van der Waals surface area contributed by atoms with Crippen molar-refractivity contribution < 1.29 is 4.42 Å². The summed E-state index contributed by atoms with van der Waals surface area (Å²) in [6.07, 6.45) is 5.31. The molecule has 21 heavy (non-hydrogen) atoms. The summed E-state index contributed by atoms with van der Waals surface area (Å²) in [7, 11) is 0. The maximum Gasteiger partial charge on any atom is 0.438 e. The number of nitrogens with zero attached hydrogens (tertiary/aromatic N) is 4. The Balaban J connectivity index is 1.64. The molecule has 0 radical (unpaired) electrons. The number of thiophene rings is 1. The fourth-order valence-corrected chi connectivity index (χ4v) is 2.95. The molecule has 0 spiro atoms. The highest BCUT2D eigenvalue weighted by molar-refractivity contribution is 7.13. The molecule has 6 nitrogen and oxygen atoms in total. The second-order valence-corrected chi connectivity index (χ2v) is 5.84. The highest BCUT2D eigenvalue weighted by Crippen LogP contribution is 2.21. The molecule has 110 valence electrons. The number of hydrogen-bond acceptors (Lipinski definition) is 6. The second-order valence-electron chi connectivity index (χ2n) is 4.89. The van der Waals surface area contributed by atoms with Gasteiger partial charge in [-0.1, -0.05) is 12.0 Å². The van der Waals surface area contributed by atoms with E-state index in [2.05, 4.69) is 20.8 Å². The van der Waals surface area contributed by atoms with Crippen molar-refractivity contribution in [3.8, 4) is 23.1 Å². The molecule has 1 aliphatic rings. The van der Waals surface area contributed by atoms with Gasteiger partial charge in [-0.25, -0.2) is 4.79 Å². The van der Waals surface area contributed by atoms with Gasteiger partial charge in [0.1, 0.15) is 6.67 Å². The van der Waals surface area contributed by atoms with Crippen LogP contribution in [-0.4, -0.2) is 52.3 Å². The molecule has 1 saturated heterocycles. The molecule has 0 amide bonds. The molecule has 7 heteroatoms. The first-order chi connectivity index (χ1) is 10.3.